The molecule has 2 rings (SSSR count). The lowest BCUT2D eigenvalue weighted by molar-refractivity contribution is 0.203. The summed E-state index contributed by atoms with van der Waals surface area (Å²) in [6, 6.07) is 3.89. The average Bonchev–Trinajstić information content (AvgIpc) is 2.39. The molecule has 0 bridgehead atoms. The fourth-order valence-corrected chi connectivity index (χ4v) is 2.52. The minimum absolute atomic E-state index is 0.505. The van der Waals surface area contributed by atoms with Crippen molar-refractivity contribution in [1.29, 1.82) is 0 Å². The number of pyridine rings is 1. The number of nitrogens with two attached hydrogens (primary N) is 1. The Bertz CT molecular complexity index is 439. The van der Waals surface area contributed by atoms with Crippen LogP contribution in [0.3, 0.4) is 0 Å². The summed E-state index contributed by atoms with van der Waals surface area (Å²) in [5.41, 5.74) is 7.97. The zero-order chi connectivity index (χ0) is 13.7. The lowest BCUT2D eigenvalue weighted by Crippen LogP contribution is -2.34. The van der Waals surface area contributed by atoms with Crippen molar-refractivity contribution in [3.63, 3.8) is 0 Å². The van der Waals surface area contributed by atoms with Gasteiger partial charge < -0.3 is 15.5 Å². The molecule has 1 aromatic heterocycles. The smallest absolute Gasteiger partial charge is 0.123 e. The minimum atomic E-state index is 0.505. The topological polar surface area (TPSA) is 63.7 Å². The summed E-state index contributed by atoms with van der Waals surface area (Å²) in [7, 11) is 3.77. The van der Waals surface area contributed by atoms with Crippen molar-refractivity contribution < 1.29 is 4.84 Å². The van der Waals surface area contributed by atoms with Crippen LogP contribution in [0.4, 0.5) is 5.82 Å². The molecule has 2 heterocycles. The van der Waals surface area contributed by atoms with Gasteiger partial charge in [-0.15, -0.1) is 0 Å². The molecule has 104 valence electrons. The van der Waals surface area contributed by atoms with Gasteiger partial charge in [0.2, 0.25) is 0 Å². The van der Waals surface area contributed by atoms with Gasteiger partial charge in [-0.2, -0.15) is 0 Å². The first-order valence-corrected chi connectivity index (χ1v) is 6.68. The highest BCUT2D eigenvalue weighted by Crippen LogP contribution is 2.20. The van der Waals surface area contributed by atoms with E-state index < -0.39 is 0 Å². The Morgan fingerprint density at radius 1 is 1.53 bits per heavy atom. The number of aromatic nitrogens is 1. The standard InChI is InChI=1S/C14H22N4O/c1-18-7-4-12(5-8-18)13(17-19-2)9-11-3-6-16-14(15)10-11/h3,6,10,12H,4-5,7-9H2,1-2H3,(H2,15,16). The van der Waals surface area contributed by atoms with Crippen LogP contribution in [-0.2, 0) is 11.3 Å². The third kappa shape index (κ3) is 3.92. The molecule has 19 heavy (non-hydrogen) atoms. The molecular weight excluding hydrogens is 240 g/mol. The number of likely N-dealkylation sites (tertiary alicyclic amines) is 1. The van der Waals surface area contributed by atoms with E-state index in [1.54, 1.807) is 13.3 Å². The summed E-state index contributed by atoms with van der Waals surface area (Å²) in [5, 5.41) is 4.23. The molecule has 5 nitrogen and oxygen atoms in total. The number of anilines is 1. The molecule has 0 radical (unpaired) electrons. The summed E-state index contributed by atoms with van der Waals surface area (Å²) < 4.78 is 0. The van der Waals surface area contributed by atoms with E-state index in [2.05, 4.69) is 22.1 Å². The Labute approximate surface area is 114 Å². The Kier molecular flexibility index (Phi) is 4.74. The molecule has 1 saturated heterocycles. The highest BCUT2D eigenvalue weighted by Gasteiger charge is 2.22. The highest BCUT2D eigenvalue weighted by molar-refractivity contribution is 5.88. The summed E-state index contributed by atoms with van der Waals surface area (Å²) >= 11 is 0. The molecule has 1 aliphatic heterocycles. The van der Waals surface area contributed by atoms with E-state index in [0.717, 1.165) is 43.6 Å². The SMILES string of the molecule is CON=C(Cc1ccnc(N)c1)C1CCN(C)CC1. The van der Waals surface area contributed by atoms with E-state index in [4.69, 9.17) is 10.6 Å². The Morgan fingerprint density at radius 3 is 2.89 bits per heavy atom. The first kappa shape index (κ1) is 13.8. The Morgan fingerprint density at radius 2 is 2.26 bits per heavy atom. The number of oxime groups is 1. The van der Waals surface area contributed by atoms with Crippen LogP contribution in [0.15, 0.2) is 23.5 Å². The van der Waals surface area contributed by atoms with Crippen LogP contribution in [0, 0.1) is 5.92 Å². The van der Waals surface area contributed by atoms with E-state index >= 15 is 0 Å². The van der Waals surface area contributed by atoms with Gasteiger partial charge in [0, 0.05) is 18.5 Å². The Hall–Kier alpha value is -1.62. The van der Waals surface area contributed by atoms with E-state index in [0.29, 0.717) is 11.7 Å². The van der Waals surface area contributed by atoms with Gasteiger partial charge in [0.05, 0.1) is 5.71 Å². The van der Waals surface area contributed by atoms with Gasteiger partial charge in [-0.3, -0.25) is 0 Å². The van der Waals surface area contributed by atoms with Crippen molar-refractivity contribution in [3.8, 4) is 0 Å². The lowest BCUT2D eigenvalue weighted by atomic mass is 9.89. The maximum absolute atomic E-state index is 5.72. The fourth-order valence-electron chi connectivity index (χ4n) is 2.52. The molecular formula is C14H22N4O. The van der Waals surface area contributed by atoms with Gasteiger partial charge >= 0.3 is 0 Å². The van der Waals surface area contributed by atoms with Gasteiger partial charge in [0.25, 0.3) is 0 Å². The van der Waals surface area contributed by atoms with Gasteiger partial charge in [-0.05, 0) is 50.7 Å². The molecule has 0 spiro atoms. The maximum atomic E-state index is 5.72. The molecule has 1 aliphatic rings. The maximum Gasteiger partial charge on any atom is 0.123 e. The third-order valence-electron chi connectivity index (χ3n) is 3.63. The van der Waals surface area contributed by atoms with Crippen molar-refractivity contribution in [3.05, 3.63) is 23.9 Å². The number of rotatable bonds is 4. The monoisotopic (exact) mass is 262 g/mol. The molecule has 0 atom stereocenters. The molecule has 2 N–H and O–H groups in total. The van der Waals surface area contributed by atoms with Gasteiger partial charge in [-0.25, -0.2) is 4.98 Å². The van der Waals surface area contributed by atoms with E-state index in [9.17, 15) is 0 Å². The molecule has 0 aliphatic carbocycles. The molecule has 0 unspecified atom stereocenters. The second kappa shape index (κ2) is 6.52. The van der Waals surface area contributed by atoms with Crippen molar-refractivity contribution in [2.45, 2.75) is 19.3 Å². The van der Waals surface area contributed by atoms with Crippen LogP contribution >= 0.6 is 0 Å². The molecule has 1 aromatic rings. The van der Waals surface area contributed by atoms with Gasteiger partial charge in [0.1, 0.15) is 12.9 Å². The molecule has 0 saturated carbocycles. The van der Waals surface area contributed by atoms with Crippen LogP contribution in [-0.4, -0.2) is 42.8 Å². The summed E-state index contributed by atoms with van der Waals surface area (Å²) in [5.74, 6) is 1.06. The number of nitrogen functional groups attached to an aromatic ring is 1. The van der Waals surface area contributed by atoms with Crippen LogP contribution < -0.4 is 5.73 Å². The van der Waals surface area contributed by atoms with Crippen LogP contribution in [0.25, 0.3) is 0 Å². The van der Waals surface area contributed by atoms with E-state index in [-0.39, 0.29) is 0 Å². The summed E-state index contributed by atoms with van der Waals surface area (Å²) in [6.45, 7) is 2.23. The normalized spacial score (nSPS) is 18.5. The number of nitrogens with zero attached hydrogens (tertiary/aromatic N) is 3. The minimum Gasteiger partial charge on any atom is -0.399 e. The van der Waals surface area contributed by atoms with Crippen molar-refractivity contribution in [2.75, 3.05) is 33.0 Å². The quantitative estimate of drug-likeness (QED) is 0.660. The second-order valence-corrected chi connectivity index (χ2v) is 5.11. The number of piperidine rings is 1. The Balaban J connectivity index is 2.06. The van der Waals surface area contributed by atoms with Gasteiger partial charge in [0.15, 0.2) is 0 Å². The number of hydrogen-bond donors (Lipinski definition) is 1. The summed E-state index contributed by atoms with van der Waals surface area (Å²) in [6.07, 6.45) is 4.80. The predicted molar refractivity (Wildman–Crippen MR) is 77.0 cm³/mol. The predicted octanol–water partition coefficient (Wildman–Crippen LogP) is 1.55. The molecule has 0 aromatic carbocycles. The highest BCUT2D eigenvalue weighted by atomic mass is 16.6. The molecule has 0 amide bonds. The van der Waals surface area contributed by atoms with Crippen molar-refractivity contribution in [1.82, 2.24) is 9.88 Å². The number of hydrogen-bond acceptors (Lipinski definition) is 5. The first-order valence-electron chi connectivity index (χ1n) is 6.68. The van der Waals surface area contributed by atoms with E-state index in [1.165, 1.54) is 0 Å². The third-order valence-corrected chi connectivity index (χ3v) is 3.63. The van der Waals surface area contributed by atoms with E-state index in [1.807, 2.05) is 12.1 Å². The van der Waals surface area contributed by atoms with Crippen molar-refractivity contribution >= 4 is 11.5 Å². The average molecular weight is 262 g/mol. The second-order valence-electron chi connectivity index (χ2n) is 5.11. The summed E-state index contributed by atoms with van der Waals surface area (Å²) in [4.78, 5) is 11.4. The van der Waals surface area contributed by atoms with Crippen molar-refractivity contribution in [2.24, 2.45) is 11.1 Å². The van der Waals surface area contributed by atoms with Gasteiger partial charge in [-0.1, -0.05) is 5.16 Å². The molecule has 5 heteroatoms. The van der Waals surface area contributed by atoms with Crippen LogP contribution in [0.5, 0.6) is 0 Å². The lowest BCUT2D eigenvalue weighted by Gasteiger charge is -2.29. The fraction of sp³-hybridized carbons (Fsp3) is 0.571. The van der Waals surface area contributed by atoms with Crippen LogP contribution in [0.1, 0.15) is 18.4 Å². The van der Waals surface area contributed by atoms with Crippen LogP contribution in [0.2, 0.25) is 0 Å². The zero-order valence-electron chi connectivity index (χ0n) is 11.7. The first-order chi connectivity index (χ1) is 9.19. The zero-order valence-corrected chi connectivity index (χ0v) is 11.7. The molecule has 1 fully saturated rings. The largest absolute Gasteiger partial charge is 0.399 e.